The number of hydrogen-bond donors (Lipinski definition) is 0. The van der Waals surface area contributed by atoms with Gasteiger partial charge in [0.2, 0.25) is 9.76 Å². The summed E-state index contributed by atoms with van der Waals surface area (Å²) in [4.78, 5) is 28.1. The van der Waals surface area contributed by atoms with Gasteiger partial charge in [-0.1, -0.05) is 27.7 Å². The zero-order chi connectivity index (χ0) is 19.3. The molecular formula is C19H29NO4Si. The van der Waals surface area contributed by atoms with E-state index in [9.17, 15) is 9.59 Å². The molecule has 1 aromatic rings. The summed E-state index contributed by atoms with van der Waals surface area (Å²) >= 11 is 0. The molecule has 2 radical (unpaired) electrons. The van der Waals surface area contributed by atoms with Crippen molar-refractivity contribution in [2.24, 2.45) is 5.92 Å². The van der Waals surface area contributed by atoms with Gasteiger partial charge in [-0.05, 0) is 43.9 Å². The van der Waals surface area contributed by atoms with Crippen molar-refractivity contribution in [2.75, 3.05) is 0 Å². The number of hydrogen-bond acceptors (Lipinski definition) is 5. The van der Waals surface area contributed by atoms with E-state index in [1.54, 1.807) is 32.9 Å². The first kappa shape index (κ1) is 21.5. The molecule has 1 heterocycles. The Hall–Kier alpha value is -1.53. The summed E-state index contributed by atoms with van der Waals surface area (Å²) in [7, 11) is 0.380. The molecule has 1 aromatic heterocycles. The molecule has 0 atom stereocenters. The van der Waals surface area contributed by atoms with Crippen molar-refractivity contribution in [1.29, 1.82) is 0 Å². The minimum atomic E-state index is -0.596. The first-order chi connectivity index (χ1) is 11.4. The Morgan fingerprint density at radius 2 is 1.80 bits per heavy atom. The average molecular weight is 364 g/mol. The van der Waals surface area contributed by atoms with Crippen LogP contribution < -0.4 is 0 Å². The third-order valence-electron chi connectivity index (χ3n) is 3.87. The maximum absolute atomic E-state index is 12.1. The molecule has 0 bridgehead atoms. The smallest absolute Gasteiger partial charge is 0.314 e. The predicted molar refractivity (Wildman–Crippen MR) is 98.5 cm³/mol. The van der Waals surface area contributed by atoms with Gasteiger partial charge in [0.15, 0.2) is 5.78 Å². The molecule has 25 heavy (non-hydrogen) atoms. The molecule has 6 heteroatoms. The van der Waals surface area contributed by atoms with Gasteiger partial charge in [0.25, 0.3) is 0 Å². The molecule has 0 saturated heterocycles. The highest BCUT2D eigenvalue weighted by Gasteiger charge is 2.25. The van der Waals surface area contributed by atoms with Crippen LogP contribution in [0.15, 0.2) is 18.3 Å². The summed E-state index contributed by atoms with van der Waals surface area (Å²) in [6.45, 7) is 14.4. The van der Waals surface area contributed by atoms with E-state index in [0.717, 1.165) is 5.69 Å². The van der Waals surface area contributed by atoms with Crippen LogP contribution in [0.2, 0.25) is 5.04 Å². The van der Waals surface area contributed by atoms with E-state index in [-0.39, 0.29) is 17.2 Å². The van der Waals surface area contributed by atoms with Crippen molar-refractivity contribution < 1.29 is 18.8 Å². The summed E-state index contributed by atoms with van der Waals surface area (Å²) < 4.78 is 10.9. The predicted octanol–water partition coefficient (Wildman–Crippen LogP) is 3.99. The van der Waals surface area contributed by atoms with Crippen LogP contribution in [0.4, 0.5) is 0 Å². The molecule has 0 aliphatic rings. The third kappa shape index (κ3) is 7.92. The van der Waals surface area contributed by atoms with Crippen LogP contribution in [-0.4, -0.2) is 32.1 Å². The fourth-order valence-corrected chi connectivity index (χ4v) is 2.53. The Bertz CT molecular complexity index is 588. The largest absolute Gasteiger partial charge is 0.460 e. The lowest BCUT2D eigenvalue weighted by Crippen LogP contribution is -2.25. The second-order valence-electron chi connectivity index (χ2n) is 7.99. The van der Waals surface area contributed by atoms with E-state index in [1.165, 1.54) is 6.20 Å². The molecule has 138 valence electrons. The Kier molecular flexibility index (Phi) is 7.50. The standard InChI is InChI=1S/C19H29NO4Si/c1-13(2)19(6,7)25-23-12-15-9-8-14(11-20-15)16(21)10-17(22)24-18(3,4)5/h8-9,11,13H,10,12H2,1-7H3. The maximum atomic E-state index is 12.1. The topological polar surface area (TPSA) is 65.5 Å². The quantitative estimate of drug-likeness (QED) is 0.302. The van der Waals surface area contributed by atoms with Crippen LogP contribution in [0.5, 0.6) is 0 Å². The van der Waals surface area contributed by atoms with Gasteiger partial charge in [-0.3, -0.25) is 14.6 Å². The van der Waals surface area contributed by atoms with E-state index < -0.39 is 11.6 Å². The van der Waals surface area contributed by atoms with Gasteiger partial charge in [-0.2, -0.15) is 0 Å². The molecule has 5 nitrogen and oxygen atoms in total. The van der Waals surface area contributed by atoms with Crippen molar-refractivity contribution in [2.45, 2.75) is 72.1 Å². The van der Waals surface area contributed by atoms with Crippen molar-refractivity contribution in [3.63, 3.8) is 0 Å². The minimum absolute atomic E-state index is 0.128. The van der Waals surface area contributed by atoms with Crippen LogP contribution in [0, 0.1) is 5.92 Å². The summed E-state index contributed by atoms with van der Waals surface area (Å²) in [5, 5.41) is 0.128. The molecular weight excluding hydrogens is 334 g/mol. The van der Waals surface area contributed by atoms with Crippen molar-refractivity contribution in [3.8, 4) is 0 Å². The number of ketones is 1. The van der Waals surface area contributed by atoms with Crippen LogP contribution in [0.25, 0.3) is 0 Å². The molecule has 0 aliphatic carbocycles. The van der Waals surface area contributed by atoms with Gasteiger partial charge in [-0.25, -0.2) is 0 Å². The van der Waals surface area contributed by atoms with E-state index >= 15 is 0 Å². The lowest BCUT2D eigenvalue weighted by Gasteiger charge is -2.26. The Morgan fingerprint density at radius 3 is 2.28 bits per heavy atom. The lowest BCUT2D eigenvalue weighted by molar-refractivity contribution is -0.153. The van der Waals surface area contributed by atoms with Crippen LogP contribution in [-0.2, 0) is 20.6 Å². The first-order valence-electron chi connectivity index (χ1n) is 8.49. The Labute approximate surface area is 153 Å². The summed E-state index contributed by atoms with van der Waals surface area (Å²) in [5.74, 6) is -0.286. The molecule has 0 saturated carbocycles. The number of nitrogens with zero attached hydrogens (tertiary/aromatic N) is 1. The minimum Gasteiger partial charge on any atom is -0.460 e. The SMILES string of the molecule is CC(C)C(C)(C)[Si]OCc1ccc(C(=O)CC(=O)OC(C)(C)C)cn1. The number of aromatic nitrogens is 1. The summed E-state index contributed by atoms with van der Waals surface area (Å²) in [5.41, 5.74) is 0.571. The first-order valence-corrected chi connectivity index (χ1v) is 9.40. The molecule has 0 N–H and O–H groups in total. The van der Waals surface area contributed by atoms with Gasteiger partial charge in [0, 0.05) is 11.8 Å². The molecule has 0 spiro atoms. The second-order valence-corrected chi connectivity index (χ2v) is 9.77. The van der Waals surface area contributed by atoms with Gasteiger partial charge in [0.1, 0.15) is 12.0 Å². The highest BCUT2D eigenvalue weighted by molar-refractivity contribution is 6.32. The third-order valence-corrected chi connectivity index (χ3v) is 5.26. The fourth-order valence-electron chi connectivity index (χ4n) is 1.70. The summed E-state index contributed by atoms with van der Waals surface area (Å²) in [6.07, 6.45) is 1.21. The molecule has 0 amide bonds. The second kappa shape index (κ2) is 8.72. The number of pyridine rings is 1. The van der Waals surface area contributed by atoms with Crippen LogP contribution >= 0.6 is 0 Å². The lowest BCUT2D eigenvalue weighted by atomic mass is 9.99. The summed E-state index contributed by atoms with van der Waals surface area (Å²) in [6, 6.07) is 3.43. The number of carbonyl (C=O) groups excluding carboxylic acids is 2. The van der Waals surface area contributed by atoms with Crippen LogP contribution in [0.1, 0.15) is 70.9 Å². The zero-order valence-electron chi connectivity index (χ0n) is 16.3. The van der Waals surface area contributed by atoms with Gasteiger partial charge < -0.3 is 9.16 Å². The highest BCUT2D eigenvalue weighted by Crippen LogP contribution is 2.32. The molecule has 1 rings (SSSR count). The Balaban J connectivity index is 2.53. The van der Waals surface area contributed by atoms with E-state index in [1.807, 2.05) is 0 Å². The zero-order valence-corrected chi connectivity index (χ0v) is 17.3. The van der Waals surface area contributed by atoms with Crippen LogP contribution in [0.3, 0.4) is 0 Å². The van der Waals surface area contributed by atoms with Crippen molar-refractivity contribution in [3.05, 3.63) is 29.6 Å². The Morgan fingerprint density at radius 1 is 1.16 bits per heavy atom. The maximum Gasteiger partial charge on any atom is 0.314 e. The fraction of sp³-hybridized carbons (Fsp3) is 0.632. The normalized spacial score (nSPS) is 12.3. The number of carbonyl (C=O) groups is 2. The molecule has 0 unspecified atom stereocenters. The van der Waals surface area contributed by atoms with E-state index in [4.69, 9.17) is 9.16 Å². The number of ether oxygens (including phenoxy) is 1. The average Bonchev–Trinajstić information content (AvgIpc) is 2.45. The van der Waals surface area contributed by atoms with Gasteiger partial charge >= 0.3 is 5.97 Å². The highest BCUT2D eigenvalue weighted by atomic mass is 28.2. The number of Topliss-reactive ketones (excluding diaryl/α,β-unsaturated/α-hetero) is 1. The van der Waals surface area contributed by atoms with Gasteiger partial charge in [0.05, 0.1) is 12.3 Å². The van der Waals surface area contributed by atoms with E-state index in [0.29, 0.717) is 27.9 Å². The van der Waals surface area contributed by atoms with E-state index in [2.05, 4.69) is 32.7 Å². The van der Waals surface area contributed by atoms with Crippen molar-refractivity contribution in [1.82, 2.24) is 4.98 Å². The monoisotopic (exact) mass is 363 g/mol. The number of esters is 1. The molecule has 0 aromatic carbocycles. The van der Waals surface area contributed by atoms with Crippen molar-refractivity contribution >= 4 is 21.5 Å². The van der Waals surface area contributed by atoms with Gasteiger partial charge in [-0.15, -0.1) is 0 Å². The molecule has 0 aliphatic heterocycles. The number of rotatable bonds is 8. The molecule has 0 fully saturated rings.